The van der Waals surface area contributed by atoms with Crippen molar-refractivity contribution in [2.45, 2.75) is 6.17 Å². The molecule has 0 aromatic heterocycles. The molecular weight excluding hydrogens is 304 g/mol. The SMILES string of the molecule is CN1c2ccc(Cl)cc2C(=O)NC1c1ccccc1C(=O)O. The van der Waals surface area contributed by atoms with Crippen molar-refractivity contribution >= 4 is 29.2 Å². The molecule has 1 amide bonds. The van der Waals surface area contributed by atoms with Gasteiger partial charge in [0, 0.05) is 17.6 Å². The summed E-state index contributed by atoms with van der Waals surface area (Å²) in [7, 11) is 1.80. The summed E-state index contributed by atoms with van der Waals surface area (Å²) in [5.41, 5.74) is 1.88. The molecule has 0 saturated carbocycles. The van der Waals surface area contributed by atoms with Gasteiger partial charge in [-0.1, -0.05) is 29.8 Å². The first-order chi connectivity index (χ1) is 10.5. The second-order valence-corrected chi connectivity index (χ2v) is 5.48. The van der Waals surface area contributed by atoms with Gasteiger partial charge in [-0.05, 0) is 24.3 Å². The number of amides is 1. The number of carbonyl (C=O) groups is 2. The summed E-state index contributed by atoms with van der Waals surface area (Å²) in [4.78, 5) is 25.5. The van der Waals surface area contributed by atoms with E-state index in [1.807, 2.05) is 4.90 Å². The predicted molar refractivity (Wildman–Crippen MR) is 83.5 cm³/mol. The molecule has 112 valence electrons. The zero-order valence-electron chi connectivity index (χ0n) is 11.7. The van der Waals surface area contributed by atoms with Crippen LogP contribution in [-0.4, -0.2) is 24.0 Å². The smallest absolute Gasteiger partial charge is 0.336 e. The highest BCUT2D eigenvalue weighted by Gasteiger charge is 2.31. The summed E-state index contributed by atoms with van der Waals surface area (Å²) >= 11 is 5.93. The van der Waals surface area contributed by atoms with Crippen molar-refractivity contribution in [3.63, 3.8) is 0 Å². The van der Waals surface area contributed by atoms with Gasteiger partial charge >= 0.3 is 5.97 Å². The molecule has 1 heterocycles. The van der Waals surface area contributed by atoms with Gasteiger partial charge in [-0.25, -0.2) is 4.79 Å². The van der Waals surface area contributed by atoms with Gasteiger partial charge in [0.1, 0.15) is 6.17 Å². The van der Waals surface area contributed by atoms with Crippen molar-refractivity contribution in [3.05, 3.63) is 64.2 Å². The van der Waals surface area contributed by atoms with E-state index in [4.69, 9.17) is 11.6 Å². The monoisotopic (exact) mass is 316 g/mol. The fourth-order valence-electron chi connectivity index (χ4n) is 2.65. The van der Waals surface area contributed by atoms with Gasteiger partial charge in [0.2, 0.25) is 0 Å². The van der Waals surface area contributed by atoms with Gasteiger partial charge in [-0.15, -0.1) is 0 Å². The molecule has 5 nitrogen and oxygen atoms in total. The van der Waals surface area contributed by atoms with Crippen LogP contribution in [0.4, 0.5) is 5.69 Å². The first-order valence-corrected chi connectivity index (χ1v) is 7.02. The van der Waals surface area contributed by atoms with Crippen molar-refractivity contribution in [3.8, 4) is 0 Å². The second-order valence-electron chi connectivity index (χ2n) is 5.04. The quantitative estimate of drug-likeness (QED) is 0.893. The zero-order valence-corrected chi connectivity index (χ0v) is 12.5. The summed E-state index contributed by atoms with van der Waals surface area (Å²) < 4.78 is 0. The highest BCUT2D eigenvalue weighted by Crippen LogP contribution is 2.34. The molecule has 0 bridgehead atoms. The third-order valence-electron chi connectivity index (χ3n) is 3.72. The Morgan fingerprint density at radius 3 is 2.73 bits per heavy atom. The van der Waals surface area contributed by atoms with E-state index in [9.17, 15) is 14.7 Å². The standard InChI is InChI=1S/C16H13ClN2O3/c1-19-13-7-6-9(17)8-12(13)15(20)18-14(19)10-4-2-3-5-11(10)16(21)22/h2-8,14H,1H3,(H,18,20)(H,21,22). The molecule has 6 heteroatoms. The number of hydrogen-bond acceptors (Lipinski definition) is 3. The van der Waals surface area contributed by atoms with E-state index in [0.29, 0.717) is 21.8 Å². The second kappa shape index (κ2) is 5.35. The molecule has 2 aromatic carbocycles. The number of fused-ring (bicyclic) bond motifs is 1. The van der Waals surface area contributed by atoms with Gasteiger partial charge in [0.25, 0.3) is 5.91 Å². The third kappa shape index (κ3) is 2.29. The maximum atomic E-state index is 12.3. The van der Waals surface area contributed by atoms with E-state index in [2.05, 4.69) is 5.32 Å². The number of aromatic carboxylic acids is 1. The minimum atomic E-state index is -1.03. The zero-order chi connectivity index (χ0) is 15.9. The van der Waals surface area contributed by atoms with Crippen molar-refractivity contribution in [2.75, 3.05) is 11.9 Å². The van der Waals surface area contributed by atoms with Gasteiger partial charge in [0.05, 0.1) is 16.8 Å². The van der Waals surface area contributed by atoms with Gasteiger partial charge in [-0.2, -0.15) is 0 Å². The minimum Gasteiger partial charge on any atom is -0.478 e. The predicted octanol–water partition coefficient (Wildman–Crippen LogP) is 2.92. The molecule has 1 aliphatic heterocycles. The van der Waals surface area contributed by atoms with Crippen LogP contribution >= 0.6 is 11.6 Å². The maximum absolute atomic E-state index is 12.3. The third-order valence-corrected chi connectivity index (χ3v) is 3.96. The maximum Gasteiger partial charge on any atom is 0.336 e. The number of benzene rings is 2. The molecule has 2 aromatic rings. The fraction of sp³-hybridized carbons (Fsp3) is 0.125. The van der Waals surface area contributed by atoms with E-state index >= 15 is 0 Å². The lowest BCUT2D eigenvalue weighted by atomic mass is 10.00. The molecular formula is C16H13ClN2O3. The molecule has 1 aliphatic rings. The number of nitrogens with one attached hydrogen (secondary N) is 1. The van der Waals surface area contributed by atoms with Crippen molar-refractivity contribution in [1.82, 2.24) is 5.32 Å². The lowest BCUT2D eigenvalue weighted by Crippen LogP contribution is -2.45. The Morgan fingerprint density at radius 1 is 1.27 bits per heavy atom. The van der Waals surface area contributed by atoms with E-state index < -0.39 is 12.1 Å². The van der Waals surface area contributed by atoms with E-state index in [0.717, 1.165) is 0 Å². The van der Waals surface area contributed by atoms with Gasteiger partial charge in [-0.3, -0.25) is 4.79 Å². The first kappa shape index (κ1) is 14.4. The van der Waals surface area contributed by atoms with Crippen LogP contribution in [-0.2, 0) is 0 Å². The average molecular weight is 317 g/mol. The number of halogens is 1. The van der Waals surface area contributed by atoms with Crippen LogP contribution < -0.4 is 10.2 Å². The van der Waals surface area contributed by atoms with Crippen molar-refractivity contribution < 1.29 is 14.7 Å². The lowest BCUT2D eigenvalue weighted by molar-refractivity contribution is 0.0693. The largest absolute Gasteiger partial charge is 0.478 e. The van der Waals surface area contributed by atoms with Crippen LogP contribution in [0.5, 0.6) is 0 Å². The molecule has 1 unspecified atom stereocenters. The number of hydrogen-bond donors (Lipinski definition) is 2. The Morgan fingerprint density at radius 2 is 2.00 bits per heavy atom. The minimum absolute atomic E-state index is 0.164. The Labute approximate surface area is 132 Å². The van der Waals surface area contributed by atoms with Crippen LogP contribution in [0, 0.1) is 0 Å². The molecule has 22 heavy (non-hydrogen) atoms. The Kier molecular flexibility index (Phi) is 3.50. The van der Waals surface area contributed by atoms with E-state index in [1.54, 1.807) is 43.4 Å². The molecule has 0 radical (unpaired) electrons. The summed E-state index contributed by atoms with van der Waals surface area (Å²) in [5.74, 6) is -1.30. The number of rotatable bonds is 2. The van der Waals surface area contributed by atoms with Crippen LogP contribution in [0.25, 0.3) is 0 Å². The summed E-state index contributed by atoms with van der Waals surface area (Å²) in [5, 5.41) is 12.6. The Balaban J connectivity index is 2.10. The highest BCUT2D eigenvalue weighted by atomic mass is 35.5. The van der Waals surface area contributed by atoms with E-state index in [1.165, 1.54) is 6.07 Å². The molecule has 0 fully saturated rings. The summed E-state index contributed by atoms with van der Waals surface area (Å²) in [6.45, 7) is 0. The normalized spacial score (nSPS) is 16.9. The average Bonchev–Trinajstić information content (AvgIpc) is 2.50. The number of nitrogens with zero attached hydrogens (tertiary/aromatic N) is 1. The highest BCUT2D eigenvalue weighted by molar-refractivity contribution is 6.31. The van der Waals surface area contributed by atoms with Crippen molar-refractivity contribution in [1.29, 1.82) is 0 Å². The molecule has 3 rings (SSSR count). The van der Waals surface area contributed by atoms with Crippen LogP contribution in [0.15, 0.2) is 42.5 Å². The molecule has 0 saturated heterocycles. The lowest BCUT2D eigenvalue weighted by Gasteiger charge is -2.37. The Bertz CT molecular complexity index is 776. The molecule has 1 atom stereocenters. The van der Waals surface area contributed by atoms with Crippen LogP contribution in [0.1, 0.15) is 32.4 Å². The summed E-state index contributed by atoms with van der Waals surface area (Å²) in [6, 6.07) is 11.7. The van der Waals surface area contributed by atoms with Gasteiger partial charge < -0.3 is 15.3 Å². The topological polar surface area (TPSA) is 69.6 Å². The van der Waals surface area contributed by atoms with Crippen molar-refractivity contribution in [2.24, 2.45) is 0 Å². The van der Waals surface area contributed by atoms with Gasteiger partial charge in [0.15, 0.2) is 0 Å². The number of carbonyl (C=O) groups excluding carboxylic acids is 1. The number of anilines is 1. The molecule has 2 N–H and O–H groups in total. The van der Waals surface area contributed by atoms with E-state index in [-0.39, 0.29) is 11.5 Å². The summed E-state index contributed by atoms with van der Waals surface area (Å²) in [6.07, 6.45) is -0.548. The Hall–Kier alpha value is -2.53. The number of carboxylic acid groups (broad SMARTS) is 1. The molecule has 0 spiro atoms. The van der Waals surface area contributed by atoms with Crippen LogP contribution in [0.3, 0.4) is 0 Å². The molecule has 0 aliphatic carbocycles. The number of carboxylic acids is 1. The first-order valence-electron chi connectivity index (χ1n) is 6.64. The van der Waals surface area contributed by atoms with Crippen LogP contribution in [0.2, 0.25) is 5.02 Å². The fourth-order valence-corrected chi connectivity index (χ4v) is 2.82.